The maximum atomic E-state index is 9.76. The lowest BCUT2D eigenvalue weighted by atomic mass is 10.8. The van der Waals surface area contributed by atoms with Gasteiger partial charge in [-0.15, -0.1) is 0 Å². The Bertz CT molecular complexity index is 97.9. The van der Waals surface area contributed by atoms with Crippen molar-refractivity contribution in [2.24, 2.45) is 17.2 Å². The van der Waals surface area contributed by atoms with Crippen LogP contribution in [0.25, 0.3) is 0 Å². The summed E-state index contributed by atoms with van der Waals surface area (Å²) in [5, 5.41) is 0. The van der Waals surface area contributed by atoms with Crippen molar-refractivity contribution in [1.29, 1.82) is 0 Å². The van der Waals surface area contributed by atoms with Crippen LogP contribution in [0, 0.1) is 0 Å². The van der Waals surface area contributed by atoms with E-state index in [1.807, 2.05) is 0 Å². The van der Waals surface area contributed by atoms with Crippen molar-refractivity contribution in [2.75, 3.05) is 0 Å². The molecule has 5 nitrogen and oxygen atoms in total. The second kappa shape index (κ2) is 2.27. The van der Waals surface area contributed by atoms with Crippen LogP contribution in [0.3, 0.4) is 0 Å². The molecule has 0 saturated carbocycles. The molecule has 0 fully saturated rings. The molecule has 0 unspecified atom stereocenters. The molecule has 0 amide bonds. The van der Waals surface area contributed by atoms with Crippen LogP contribution in [0.15, 0.2) is 0 Å². The lowest BCUT2D eigenvalue weighted by molar-refractivity contribution is 0.0426. The largest absolute Gasteiger partial charge is 0.407 e. The third kappa shape index (κ3) is 5.64. The number of nitrogens with two attached hydrogens (primary N) is 3. The van der Waals surface area contributed by atoms with Gasteiger partial charge < -0.3 is 4.74 Å². The fourth-order valence-corrected chi connectivity index (χ4v) is 0.273. The molecule has 0 spiro atoms. The summed E-state index contributed by atoms with van der Waals surface area (Å²) in [5.41, 5.74) is 13.2. The predicted molar refractivity (Wildman–Crippen MR) is 27.6 cm³/mol. The van der Waals surface area contributed by atoms with Crippen LogP contribution in [-0.4, -0.2) is 11.4 Å². The molecule has 6 heteroatoms. The lowest BCUT2D eigenvalue weighted by Crippen LogP contribution is -2.60. The average Bonchev–Trinajstić information content (AvgIpc) is 1.21. The molecule has 48 valence electrons. The van der Waals surface area contributed by atoms with Crippen molar-refractivity contribution < 1.29 is 9.53 Å². The molecule has 0 aromatic heterocycles. The number of carbonyl (C=O) groups excluding carboxylic acids is 1. The fourth-order valence-electron chi connectivity index (χ4n) is 0.139. The van der Waals surface area contributed by atoms with Gasteiger partial charge in [0.1, 0.15) is 0 Å². The molecule has 0 heterocycles. The van der Waals surface area contributed by atoms with Crippen LogP contribution in [0.5, 0.6) is 0 Å². The first-order valence-corrected chi connectivity index (χ1v) is 2.05. The van der Waals surface area contributed by atoms with Gasteiger partial charge in [0.25, 0.3) is 5.97 Å². The molecule has 0 atom stereocenters. The molecule has 0 aliphatic carbocycles. The van der Waals surface area contributed by atoms with E-state index in [-0.39, 0.29) is 0 Å². The molecule has 0 aliphatic heterocycles. The third-order valence-corrected chi connectivity index (χ3v) is 0.334. The van der Waals surface area contributed by atoms with Gasteiger partial charge in [0.15, 0.2) is 0 Å². The van der Waals surface area contributed by atoms with E-state index in [1.54, 1.807) is 0 Å². The van der Waals surface area contributed by atoms with Gasteiger partial charge in [-0.2, -0.15) is 0 Å². The first-order chi connectivity index (χ1) is 3.42. The van der Waals surface area contributed by atoms with Crippen molar-refractivity contribution in [3.8, 4) is 0 Å². The summed E-state index contributed by atoms with van der Waals surface area (Å²) in [6.45, 7) is 0. The zero-order chi connectivity index (χ0) is 6.78. The summed E-state index contributed by atoms with van der Waals surface area (Å²) >= 11 is 4.66. The highest BCUT2D eigenvalue weighted by atomic mass is 35.5. The monoisotopic (exact) mass is 139 g/mol. The van der Waals surface area contributed by atoms with E-state index in [4.69, 9.17) is 17.2 Å². The first kappa shape index (κ1) is 7.64. The van der Waals surface area contributed by atoms with Gasteiger partial charge in [0, 0.05) is 11.6 Å². The molecular formula is C2H6ClN3O2. The van der Waals surface area contributed by atoms with Crippen LogP contribution < -0.4 is 17.2 Å². The normalized spacial score (nSPS) is 11.0. The Morgan fingerprint density at radius 3 is 1.88 bits per heavy atom. The maximum Gasteiger partial charge on any atom is 0.407 e. The maximum absolute atomic E-state index is 9.76. The molecule has 0 bridgehead atoms. The van der Waals surface area contributed by atoms with Gasteiger partial charge in [0.05, 0.1) is 0 Å². The van der Waals surface area contributed by atoms with E-state index in [0.29, 0.717) is 0 Å². The molecule has 0 saturated heterocycles. The quantitative estimate of drug-likeness (QED) is 0.314. The highest BCUT2D eigenvalue weighted by Crippen LogP contribution is 1.89. The Balaban J connectivity index is 3.55. The summed E-state index contributed by atoms with van der Waals surface area (Å²) in [5.74, 6) is -1.96. The summed E-state index contributed by atoms with van der Waals surface area (Å²) in [6.07, 6.45) is 0. The Hall–Kier alpha value is -0.360. The standard InChI is InChI=1S/C2H6ClN3O2/c3-1(7)8-2(4,5)6/h4-6H2. The van der Waals surface area contributed by atoms with Gasteiger partial charge in [-0.05, 0) is 0 Å². The van der Waals surface area contributed by atoms with E-state index < -0.39 is 11.4 Å². The van der Waals surface area contributed by atoms with E-state index in [0.717, 1.165) is 0 Å². The molecule has 0 aliphatic rings. The van der Waals surface area contributed by atoms with Crippen molar-refractivity contribution in [3.05, 3.63) is 0 Å². The van der Waals surface area contributed by atoms with Crippen LogP contribution in [0.2, 0.25) is 0 Å². The highest BCUT2D eigenvalue weighted by Gasteiger charge is 2.15. The third-order valence-electron chi connectivity index (χ3n) is 0.257. The van der Waals surface area contributed by atoms with Gasteiger partial charge >= 0.3 is 5.43 Å². The van der Waals surface area contributed by atoms with Crippen molar-refractivity contribution >= 4 is 17.0 Å². The number of ether oxygens (including phenoxy) is 1. The van der Waals surface area contributed by atoms with Crippen LogP contribution in [0.4, 0.5) is 4.79 Å². The highest BCUT2D eigenvalue weighted by molar-refractivity contribution is 6.61. The topological polar surface area (TPSA) is 104 Å². The molecule has 0 aromatic rings. The van der Waals surface area contributed by atoms with Crippen LogP contribution >= 0.6 is 11.6 Å². The average molecular weight is 140 g/mol. The number of halogens is 1. The Kier molecular flexibility index (Phi) is 2.17. The van der Waals surface area contributed by atoms with Crippen molar-refractivity contribution in [2.45, 2.75) is 5.97 Å². The van der Waals surface area contributed by atoms with Crippen molar-refractivity contribution in [1.82, 2.24) is 0 Å². The fraction of sp³-hybridized carbons (Fsp3) is 0.500. The number of carbonyl (C=O) groups is 1. The number of hydrogen-bond acceptors (Lipinski definition) is 5. The predicted octanol–water partition coefficient (Wildman–Crippen LogP) is -1.15. The Morgan fingerprint density at radius 1 is 1.50 bits per heavy atom. The molecule has 6 N–H and O–H groups in total. The van der Waals surface area contributed by atoms with E-state index >= 15 is 0 Å². The minimum Gasteiger partial charge on any atom is -0.404 e. The number of hydrogen-bond donors (Lipinski definition) is 3. The Morgan fingerprint density at radius 2 is 1.88 bits per heavy atom. The minimum absolute atomic E-state index is 1.13. The zero-order valence-corrected chi connectivity index (χ0v) is 4.68. The van der Waals surface area contributed by atoms with Gasteiger partial charge in [-0.1, -0.05) is 0 Å². The summed E-state index contributed by atoms with van der Waals surface area (Å²) in [6, 6.07) is 0. The van der Waals surface area contributed by atoms with E-state index in [1.165, 1.54) is 0 Å². The summed E-state index contributed by atoms with van der Waals surface area (Å²) < 4.78 is 3.90. The summed E-state index contributed by atoms with van der Waals surface area (Å²) in [7, 11) is 0. The molecule has 0 radical (unpaired) electrons. The molecule has 0 rings (SSSR count). The lowest BCUT2D eigenvalue weighted by Gasteiger charge is -2.15. The number of rotatable bonds is 1. The van der Waals surface area contributed by atoms with Crippen LogP contribution in [-0.2, 0) is 4.74 Å². The minimum atomic E-state index is -1.96. The van der Waals surface area contributed by atoms with E-state index in [9.17, 15) is 4.79 Å². The molecule has 0 aromatic carbocycles. The van der Waals surface area contributed by atoms with Crippen LogP contribution in [0.1, 0.15) is 0 Å². The van der Waals surface area contributed by atoms with Crippen molar-refractivity contribution in [3.63, 3.8) is 0 Å². The first-order valence-electron chi connectivity index (χ1n) is 1.67. The van der Waals surface area contributed by atoms with Gasteiger partial charge in [0.2, 0.25) is 0 Å². The Labute approximate surface area is 50.7 Å². The molecular weight excluding hydrogens is 133 g/mol. The van der Waals surface area contributed by atoms with Gasteiger partial charge in [-0.25, -0.2) is 4.79 Å². The second-order valence-corrected chi connectivity index (χ2v) is 1.50. The van der Waals surface area contributed by atoms with Gasteiger partial charge in [-0.3, -0.25) is 17.2 Å². The smallest absolute Gasteiger partial charge is 0.404 e. The van der Waals surface area contributed by atoms with E-state index in [2.05, 4.69) is 16.3 Å². The zero-order valence-electron chi connectivity index (χ0n) is 3.93. The summed E-state index contributed by atoms with van der Waals surface area (Å²) in [4.78, 5) is 9.76. The second-order valence-electron chi connectivity index (χ2n) is 1.19. The molecule has 8 heavy (non-hydrogen) atoms. The SMILES string of the molecule is NC(N)(N)OC(=O)Cl.